The summed E-state index contributed by atoms with van der Waals surface area (Å²) in [5.74, 6) is -1.79. The van der Waals surface area contributed by atoms with Crippen LogP contribution in [0.25, 0.3) is 0 Å². The van der Waals surface area contributed by atoms with Crippen LogP contribution in [0.1, 0.15) is 11.3 Å². The molecule has 0 bridgehead atoms. The van der Waals surface area contributed by atoms with E-state index in [4.69, 9.17) is 15.7 Å². The zero-order valence-corrected chi connectivity index (χ0v) is 10.3. The molecule has 4 nitrogen and oxygen atoms in total. The fourth-order valence-electron chi connectivity index (χ4n) is 1.50. The van der Waals surface area contributed by atoms with Gasteiger partial charge in [-0.3, -0.25) is 0 Å². The van der Waals surface area contributed by atoms with Gasteiger partial charge in [0.05, 0.1) is 11.3 Å². The summed E-state index contributed by atoms with van der Waals surface area (Å²) in [6, 6.07) is 6.50. The van der Waals surface area contributed by atoms with Crippen LogP contribution in [0.5, 0.6) is 11.6 Å². The second-order valence-electron chi connectivity index (χ2n) is 3.94. The van der Waals surface area contributed by atoms with E-state index in [-0.39, 0.29) is 23.0 Å². The second-order valence-corrected chi connectivity index (χ2v) is 3.94. The van der Waals surface area contributed by atoms with E-state index >= 15 is 0 Å². The first-order chi connectivity index (χ1) is 9.81. The van der Waals surface area contributed by atoms with E-state index in [0.717, 1.165) is 6.07 Å². The number of ether oxygens (including phenoxy) is 1. The van der Waals surface area contributed by atoms with Crippen LogP contribution >= 0.6 is 0 Å². The number of aromatic nitrogens is 1. The number of alkyl halides is 3. The molecule has 0 unspecified atom stereocenters. The van der Waals surface area contributed by atoms with Gasteiger partial charge in [0.2, 0.25) is 5.88 Å². The summed E-state index contributed by atoms with van der Waals surface area (Å²) in [5.41, 5.74) is 4.00. The van der Waals surface area contributed by atoms with Gasteiger partial charge in [-0.15, -0.1) is 0 Å². The number of rotatable bonds is 2. The van der Waals surface area contributed by atoms with Crippen LogP contribution in [0.4, 0.5) is 23.2 Å². The molecule has 108 valence electrons. The first kappa shape index (κ1) is 14.6. The molecule has 0 fully saturated rings. The third-order valence-corrected chi connectivity index (χ3v) is 2.47. The number of halogens is 4. The van der Waals surface area contributed by atoms with Crippen molar-refractivity contribution in [3.8, 4) is 17.7 Å². The molecule has 0 saturated carbocycles. The Kier molecular flexibility index (Phi) is 3.67. The highest BCUT2D eigenvalue weighted by Gasteiger charge is 2.34. The van der Waals surface area contributed by atoms with Crippen molar-refractivity contribution in [3.05, 3.63) is 47.4 Å². The van der Waals surface area contributed by atoms with Gasteiger partial charge in [-0.1, -0.05) is 0 Å². The van der Waals surface area contributed by atoms with Gasteiger partial charge in [-0.25, -0.2) is 9.37 Å². The van der Waals surface area contributed by atoms with Crippen molar-refractivity contribution in [2.75, 3.05) is 5.73 Å². The average Bonchev–Trinajstić information content (AvgIpc) is 2.42. The summed E-state index contributed by atoms with van der Waals surface area (Å²) < 4.78 is 55.9. The van der Waals surface area contributed by atoms with Gasteiger partial charge < -0.3 is 10.5 Å². The molecule has 8 heteroatoms. The number of nitrogens with two attached hydrogens (primary N) is 1. The molecule has 0 saturated heterocycles. The van der Waals surface area contributed by atoms with Crippen LogP contribution < -0.4 is 10.5 Å². The lowest BCUT2D eigenvalue weighted by Gasteiger charge is -2.11. The Morgan fingerprint density at radius 1 is 1.19 bits per heavy atom. The Bertz CT molecular complexity index is 722. The number of nitrogen functional groups attached to an aromatic ring is 1. The van der Waals surface area contributed by atoms with Crippen molar-refractivity contribution in [1.29, 1.82) is 5.26 Å². The molecule has 0 amide bonds. The smallest absolute Gasteiger partial charge is 0.419 e. The van der Waals surface area contributed by atoms with Crippen molar-refractivity contribution in [2.24, 2.45) is 0 Å². The molecule has 0 aliphatic heterocycles. The van der Waals surface area contributed by atoms with Gasteiger partial charge in [0.15, 0.2) is 5.69 Å². The largest absolute Gasteiger partial charge is 0.439 e. The lowest BCUT2D eigenvalue weighted by Crippen LogP contribution is -2.08. The first-order valence-electron chi connectivity index (χ1n) is 5.52. The van der Waals surface area contributed by atoms with Crippen LogP contribution in [0.3, 0.4) is 0 Å². The summed E-state index contributed by atoms with van der Waals surface area (Å²) in [5, 5.41) is 8.75. The molecule has 1 aromatic heterocycles. The van der Waals surface area contributed by atoms with E-state index in [2.05, 4.69) is 4.98 Å². The number of benzene rings is 1. The van der Waals surface area contributed by atoms with Gasteiger partial charge in [0.1, 0.15) is 17.6 Å². The molecule has 2 N–H and O–H groups in total. The normalized spacial score (nSPS) is 11.0. The minimum absolute atomic E-state index is 0.111. The highest BCUT2D eigenvalue weighted by molar-refractivity contribution is 5.51. The lowest BCUT2D eigenvalue weighted by atomic mass is 10.2. The van der Waals surface area contributed by atoms with Gasteiger partial charge in [-0.05, 0) is 24.3 Å². The Hall–Kier alpha value is -2.82. The van der Waals surface area contributed by atoms with E-state index in [1.807, 2.05) is 0 Å². The number of nitrogens with zero attached hydrogens (tertiary/aromatic N) is 2. The SMILES string of the molecule is N#Cc1nc(Oc2ccc(F)c(C(F)(F)F)c2)ccc1N. The Morgan fingerprint density at radius 3 is 2.52 bits per heavy atom. The predicted octanol–water partition coefficient (Wildman–Crippen LogP) is 3.49. The minimum atomic E-state index is -4.84. The number of hydrogen-bond donors (Lipinski definition) is 1. The molecule has 0 spiro atoms. The third kappa shape index (κ3) is 3.20. The van der Waals surface area contributed by atoms with Crippen LogP contribution in [-0.4, -0.2) is 4.98 Å². The van der Waals surface area contributed by atoms with Crippen molar-refractivity contribution >= 4 is 5.69 Å². The highest BCUT2D eigenvalue weighted by atomic mass is 19.4. The van der Waals surface area contributed by atoms with E-state index in [1.165, 1.54) is 12.1 Å². The van der Waals surface area contributed by atoms with E-state index in [0.29, 0.717) is 12.1 Å². The molecule has 0 atom stereocenters. The molecule has 2 rings (SSSR count). The molecule has 1 heterocycles. The zero-order valence-electron chi connectivity index (χ0n) is 10.3. The van der Waals surface area contributed by atoms with E-state index in [9.17, 15) is 17.6 Å². The number of nitriles is 1. The Labute approximate surface area is 116 Å². The van der Waals surface area contributed by atoms with Crippen molar-refractivity contribution in [3.63, 3.8) is 0 Å². The maximum atomic E-state index is 13.1. The second kappa shape index (κ2) is 5.28. The van der Waals surface area contributed by atoms with Crippen molar-refractivity contribution < 1.29 is 22.3 Å². The van der Waals surface area contributed by atoms with Gasteiger partial charge in [-0.2, -0.15) is 18.4 Å². The summed E-state index contributed by atoms with van der Waals surface area (Å²) in [7, 11) is 0. The minimum Gasteiger partial charge on any atom is -0.439 e. The molecule has 21 heavy (non-hydrogen) atoms. The maximum Gasteiger partial charge on any atom is 0.419 e. The van der Waals surface area contributed by atoms with Crippen molar-refractivity contribution in [1.82, 2.24) is 4.98 Å². The number of pyridine rings is 1. The van der Waals surface area contributed by atoms with Gasteiger partial charge in [0, 0.05) is 6.07 Å². The molecule has 0 aliphatic carbocycles. The molecular formula is C13H7F4N3O. The quantitative estimate of drug-likeness (QED) is 0.861. The van der Waals surface area contributed by atoms with Crippen molar-refractivity contribution in [2.45, 2.75) is 6.18 Å². The molecule has 0 aliphatic rings. The number of anilines is 1. The van der Waals surface area contributed by atoms with Gasteiger partial charge in [0.25, 0.3) is 0 Å². The monoisotopic (exact) mass is 297 g/mol. The predicted molar refractivity (Wildman–Crippen MR) is 64.8 cm³/mol. The maximum absolute atomic E-state index is 13.1. The lowest BCUT2D eigenvalue weighted by molar-refractivity contribution is -0.140. The first-order valence-corrected chi connectivity index (χ1v) is 5.52. The third-order valence-electron chi connectivity index (χ3n) is 2.47. The topological polar surface area (TPSA) is 71.9 Å². The Balaban J connectivity index is 2.35. The standard InChI is InChI=1S/C13H7F4N3O/c14-9-2-1-7(5-8(9)13(15,16)17)21-12-4-3-10(19)11(6-18)20-12/h1-5H,19H2. The van der Waals surface area contributed by atoms with Crippen LogP contribution in [0, 0.1) is 17.1 Å². The summed E-state index contributed by atoms with van der Waals surface area (Å²) in [6.07, 6.45) is -4.84. The van der Waals surface area contributed by atoms with Gasteiger partial charge >= 0.3 is 6.18 Å². The fraction of sp³-hybridized carbons (Fsp3) is 0.0769. The summed E-state index contributed by atoms with van der Waals surface area (Å²) in [4.78, 5) is 3.72. The molecular weight excluding hydrogens is 290 g/mol. The average molecular weight is 297 g/mol. The number of hydrogen-bond acceptors (Lipinski definition) is 4. The summed E-state index contributed by atoms with van der Waals surface area (Å²) in [6.45, 7) is 0. The molecule has 1 aromatic carbocycles. The summed E-state index contributed by atoms with van der Waals surface area (Å²) >= 11 is 0. The van der Waals surface area contributed by atoms with Crippen LogP contribution in [-0.2, 0) is 6.18 Å². The van der Waals surface area contributed by atoms with Crippen LogP contribution in [0.15, 0.2) is 30.3 Å². The van der Waals surface area contributed by atoms with E-state index in [1.54, 1.807) is 6.07 Å². The van der Waals surface area contributed by atoms with Crippen LogP contribution in [0.2, 0.25) is 0 Å². The van der Waals surface area contributed by atoms with E-state index < -0.39 is 17.6 Å². The fourth-order valence-corrected chi connectivity index (χ4v) is 1.50. The highest BCUT2D eigenvalue weighted by Crippen LogP contribution is 2.34. The molecule has 2 aromatic rings. The molecule has 0 radical (unpaired) electrons. The zero-order chi connectivity index (χ0) is 15.6. The Morgan fingerprint density at radius 2 is 1.90 bits per heavy atom.